The Morgan fingerprint density at radius 1 is 1.25 bits per heavy atom. The lowest BCUT2D eigenvalue weighted by molar-refractivity contribution is -0.122. The van der Waals surface area contributed by atoms with Gasteiger partial charge in [0.25, 0.3) is 5.56 Å². The molecule has 1 aromatic heterocycles. The first-order chi connectivity index (χ1) is 11.5. The Hall–Kier alpha value is -2.47. The van der Waals surface area contributed by atoms with Crippen LogP contribution in [0.1, 0.15) is 18.5 Å². The number of carbonyl (C=O) groups is 1. The molecule has 3 aromatic rings. The van der Waals surface area contributed by atoms with E-state index >= 15 is 0 Å². The fourth-order valence-electron chi connectivity index (χ4n) is 2.57. The van der Waals surface area contributed by atoms with Crippen LogP contribution >= 0.6 is 15.9 Å². The molecule has 2 aromatic carbocycles. The van der Waals surface area contributed by atoms with Gasteiger partial charge in [0.2, 0.25) is 5.91 Å². The summed E-state index contributed by atoms with van der Waals surface area (Å²) < 4.78 is 2.39. The molecule has 122 valence electrons. The van der Waals surface area contributed by atoms with E-state index in [1.54, 1.807) is 6.07 Å². The summed E-state index contributed by atoms with van der Waals surface area (Å²) in [7, 11) is 0. The van der Waals surface area contributed by atoms with Gasteiger partial charge in [-0.3, -0.25) is 14.2 Å². The minimum atomic E-state index is -0.293. The second-order valence-corrected chi connectivity index (χ2v) is 6.43. The summed E-state index contributed by atoms with van der Waals surface area (Å²) in [6.07, 6.45) is 1.24. The molecular formula is C18H16BrN3O2. The van der Waals surface area contributed by atoms with Crippen molar-refractivity contribution in [2.75, 3.05) is 0 Å². The van der Waals surface area contributed by atoms with Crippen LogP contribution in [0.3, 0.4) is 0 Å². The van der Waals surface area contributed by atoms with E-state index in [1.807, 2.05) is 49.4 Å². The van der Waals surface area contributed by atoms with Gasteiger partial charge in [-0.25, -0.2) is 4.98 Å². The molecule has 0 spiro atoms. The molecule has 0 aliphatic rings. The van der Waals surface area contributed by atoms with Crippen molar-refractivity contribution in [3.63, 3.8) is 0 Å². The first-order valence-electron chi connectivity index (χ1n) is 7.54. The number of amides is 1. The van der Waals surface area contributed by atoms with Crippen molar-refractivity contribution in [1.29, 1.82) is 0 Å². The lowest BCUT2D eigenvalue weighted by atomic mass is 10.1. The van der Waals surface area contributed by atoms with Crippen molar-refractivity contribution < 1.29 is 4.79 Å². The molecule has 0 saturated carbocycles. The van der Waals surface area contributed by atoms with Gasteiger partial charge in [-0.05, 0) is 36.8 Å². The second kappa shape index (κ2) is 6.97. The van der Waals surface area contributed by atoms with Crippen molar-refractivity contribution in [2.24, 2.45) is 0 Å². The monoisotopic (exact) mass is 385 g/mol. The van der Waals surface area contributed by atoms with Crippen LogP contribution in [-0.4, -0.2) is 15.5 Å². The molecule has 1 N–H and O–H groups in total. The molecule has 0 radical (unpaired) electrons. The van der Waals surface area contributed by atoms with Crippen LogP contribution in [-0.2, 0) is 11.3 Å². The number of fused-ring (bicyclic) bond motifs is 1. The molecule has 1 heterocycles. The highest BCUT2D eigenvalue weighted by atomic mass is 79.9. The average molecular weight is 386 g/mol. The quantitative estimate of drug-likeness (QED) is 0.750. The fourth-order valence-corrected chi connectivity index (χ4v) is 2.98. The summed E-state index contributed by atoms with van der Waals surface area (Å²) in [5.74, 6) is -0.221. The van der Waals surface area contributed by atoms with Crippen molar-refractivity contribution >= 4 is 32.9 Å². The van der Waals surface area contributed by atoms with Crippen LogP contribution in [0.5, 0.6) is 0 Å². The number of benzene rings is 2. The number of halogens is 1. The molecule has 5 nitrogen and oxygen atoms in total. The zero-order valence-corrected chi connectivity index (χ0v) is 14.7. The maximum atomic E-state index is 12.4. The van der Waals surface area contributed by atoms with Gasteiger partial charge in [0.15, 0.2) is 0 Å². The van der Waals surface area contributed by atoms with Gasteiger partial charge in [-0.1, -0.05) is 40.2 Å². The van der Waals surface area contributed by atoms with E-state index in [4.69, 9.17) is 0 Å². The van der Waals surface area contributed by atoms with Gasteiger partial charge in [-0.15, -0.1) is 0 Å². The summed E-state index contributed by atoms with van der Waals surface area (Å²) in [5, 5.41) is 2.92. The lowest BCUT2D eigenvalue weighted by Gasteiger charge is -2.16. The molecular weight excluding hydrogens is 370 g/mol. The number of aromatic nitrogens is 2. The Labute approximate surface area is 147 Å². The van der Waals surface area contributed by atoms with Gasteiger partial charge < -0.3 is 5.32 Å². The number of hydrogen-bond acceptors (Lipinski definition) is 3. The zero-order chi connectivity index (χ0) is 17.1. The third kappa shape index (κ3) is 3.54. The lowest BCUT2D eigenvalue weighted by Crippen LogP contribution is -2.34. The molecule has 6 heteroatoms. The normalized spacial score (nSPS) is 12.1. The maximum absolute atomic E-state index is 12.4. The van der Waals surface area contributed by atoms with Crippen LogP contribution in [0.15, 0.2) is 64.0 Å². The Balaban J connectivity index is 1.80. The highest BCUT2D eigenvalue weighted by molar-refractivity contribution is 9.10. The molecule has 3 rings (SSSR count). The second-order valence-electron chi connectivity index (χ2n) is 5.52. The van der Waals surface area contributed by atoms with Crippen molar-refractivity contribution in [2.45, 2.75) is 19.5 Å². The van der Waals surface area contributed by atoms with Crippen LogP contribution in [0.25, 0.3) is 11.0 Å². The van der Waals surface area contributed by atoms with E-state index in [0.717, 1.165) is 10.0 Å². The van der Waals surface area contributed by atoms with Crippen LogP contribution in [0, 0.1) is 0 Å². The average Bonchev–Trinajstić information content (AvgIpc) is 2.57. The van der Waals surface area contributed by atoms with E-state index in [2.05, 4.69) is 26.2 Å². The summed E-state index contributed by atoms with van der Waals surface area (Å²) in [6.45, 7) is 1.87. The fraction of sp³-hybridized carbons (Fsp3) is 0.167. The molecule has 1 unspecified atom stereocenters. The SMILES string of the molecule is CC(NC(=O)Cn1c(=O)cnc2ccccc21)c1cccc(Br)c1. The predicted molar refractivity (Wildman–Crippen MR) is 96.7 cm³/mol. The molecule has 1 atom stereocenters. The Bertz CT molecular complexity index is 952. The topological polar surface area (TPSA) is 64.0 Å². The Morgan fingerprint density at radius 3 is 2.83 bits per heavy atom. The number of nitrogens with one attached hydrogen (secondary N) is 1. The van der Waals surface area contributed by atoms with Crippen molar-refractivity contribution in [3.05, 3.63) is 75.1 Å². The van der Waals surface area contributed by atoms with Gasteiger partial charge >= 0.3 is 0 Å². The van der Waals surface area contributed by atoms with Crippen LogP contribution < -0.4 is 10.9 Å². The van der Waals surface area contributed by atoms with Crippen molar-refractivity contribution in [3.8, 4) is 0 Å². The zero-order valence-electron chi connectivity index (χ0n) is 13.1. The van der Waals surface area contributed by atoms with E-state index in [-0.39, 0.29) is 24.1 Å². The summed E-state index contributed by atoms with van der Waals surface area (Å²) in [6, 6.07) is 14.9. The molecule has 0 aliphatic heterocycles. The van der Waals surface area contributed by atoms with Crippen LogP contribution in [0.4, 0.5) is 0 Å². The number of nitrogens with zero attached hydrogens (tertiary/aromatic N) is 2. The minimum Gasteiger partial charge on any atom is -0.348 e. The Morgan fingerprint density at radius 2 is 2.04 bits per heavy atom. The van der Waals surface area contributed by atoms with E-state index in [1.165, 1.54) is 10.8 Å². The molecule has 0 saturated heterocycles. The summed E-state index contributed by atoms with van der Waals surface area (Å²) in [4.78, 5) is 28.6. The third-order valence-electron chi connectivity index (χ3n) is 3.78. The van der Waals surface area contributed by atoms with Gasteiger partial charge in [0, 0.05) is 4.47 Å². The standard InChI is InChI=1S/C18H16BrN3O2/c1-12(13-5-4-6-14(19)9-13)21-17(23)11-22-16-8-3-2-7-15(16)20-10-18(22)24/h2-10,12H,11H2,1H3,(H,21,23). The smallest absolute Gasteiger partial charge is 0.269 e. The number of hydrogen-bond donors (Lipinski definition) is 1. The maximum Gasteiger partial charge on any atom is 0.269 e. The number of para-hydroxylation sites is 2. The van der Waals surface area contributed by atoms with Gasteiger partial charge in [-0.2, -0.15) is 0 Å². The minimum absolute atomic E-state index is 0.0415. The molecule has 1 amide bonds. The van der Waals surface area contributed by atoms with E-state index in [0.29, 0.717) is 11.0 Å². The number of rotatable bonds is 4. The number of carbonyl (C=O) groups excluding carboxylic acids is 1. The first kappa shape index (κ1) is 16.4. The summed E-state index contributed by atoms with van der Waals surface area (Å²) >= 11 is 3.42. The van der Waals surface area contributed by atoms with Gasteiger partial charge in [0.1, 0.15) is 6.54 Å². The van der Waals surface area contributed by atoms with Gasteiger partial charge in [0.05, 0.1) is 23.3 Å². The van der Waals surface area contributed by atoms with E-state index < -0.39 is 0 Å². The highest BCUT2D eigenvalue weighted by Crippen LogP contribution is 2.17. The molecule has 24 heavy (non-hydrogen) atoms. The van der Waals surface area contributed by atoms with Crippen LogP contribution in [0.2, 0.25) is 0 Å². The first-order valence-corrected chi connectivity index (χ1v) is 8.33. The molecule has 0 aliphatic carbocycles. The third-order valence-corrected chi connectivity index (χ3v) is 4.27. The summed E-state index contributed by atoms with van der Waals surface area (Å²) in [5.41, 5.74) is 2.03. The van der Waals surface area contributed by atoms with Crippen molar-refractivity contribution in [1.82, 2.24) is 14.9 Å². The molecule has 0 fully saturated rings. The van der Waals surface area contributed by atoms with E-state index in [9.17, 15) is 9.59 Å². The Kier molecular flexibility index (Phi) is 4.76. The largest absolute Gasteiger partial charge is 0.348 e. The molecule has 0 bridgehead atoms. The predicted octanol–water partition coefficient (Wildman–Crippen LogP) is 3.04. The highest BCUT2D eigenvalue weighted by Gasteiger charge is 2.12.